The Labute approximate surface area is 163 Å². The van der Waals surface area contributed by atoms with Gasteiger partial charge in [0.1, 0.15) is 11.5 Å². The molecule has 3 heteroatoms. The van der Waals surface area contributed by atoms with Gasteiger partial charge in [-0.2, -0.15) is 0 Å². The number of hydrogen-bond donors (Lipinski definition) is 1. The van der Waals surface area contributed by atoms with Crippen molar-refractivity contribution < 1.29 is 14.6 Å². The monoisotopic (exact) mass is 366 g/mol. The van der Waals surface area contributed by atoms with Gasteiger partial charge in [0.2, 0.25) is 0 Å². The largest absolute Gasteiger partial charge is 0.508 e. The lowest BCUT2D eigenvalue weighted by molar-refractivity contribution is 0.0736. The maximum Gasteiger partial charge on any atom is 0.344 e. The van der Waals surface area contributed by atoms with Gasteiger partial charge in [0, 0.05) is 0 Å². The van der Waals surface area contributed by atoms with Gasteiger partial charge in [-0.1, -0.05) is 78.9 Å². The number of rotatable bonds is 4. The minimum Gasteiger partial charge on any atom is -0.508 e. The van der Waals surface area contributed by atoms with Crippen LogP contribution in [0.1, 0.15) is 10.4 Å². The van der Waals surface area contributed by atoms with Crippen LogP contribution in [0.15, 0.2) is 103 Å². The first-order valence-corrected chi connectivity index (χ1v) is 8.97. The molecule has 0 atom stereocenters. The predicted molar refractivity (Wildman–Crippen MR) is 110 cm³/mol. The van der Waals surface area contributed by atoms with Crippen molar-refractivity contribution >= 4 is 5.97 Å². The van der Waals surface area contributed by atoms with E-state index in [4.69, 9.17) is 4.74 Å². The highest BCUT2D eigenvalue weighted by molar-refractivity contribution is 6.05. The summed E-state index contributed by atoms with van der Waals surface area (Å²) in [6.45, 7) is 0. The lowest BCUT2D eigenvalue weighted by atomic mass is 9.92. The number of carbonyl (C=O) groups excluding carboxylic acids is 1. The summed E-state index contributed by atoms with van der Waals surface area (Å²) in [4.78, 5) is 13.2. The van der Waals surface area contributed by atoms with Crippen LogP contribution in [0.2, 0.25) is 0 Å². The summed E-state index contributed by atoms with van der Waals surface area (Å²) in [5, 5.41) is 9.45. The molecule has 0 bridgehead atoms. The summed E-state index contributed by atoms with van der Waals surface area (Å²) in [5.41, 5.74) is 4.01. The van der Waals surface area contributed by atoms with Gasteiger partial charge in [-0.05, 0) is 46.5 Å². The van der Waals surface area contributed by atoms with Crippen LogP contribution in [-0.2, 0) is 0 Å². The zero-order chi connectivity index (χ0) is 19.3. The zero-order valence-corrected chi connectivity index (χ0v) is 15.1. The number of hydrogen-bond acceptors (Lipinski definition) is 3. The van der Waals surface area contributed by atoms with Gasteiger partial charge in [-0.25, -0.2) is 4.79 Å². The first-order chi connectivity index (χ1) is 13.7. The van der Waals surface area contributed by atoms with Crippen LogP contribution >= 0.6 is 0 Å². The Morgan fingerprint density at radius 2 is 1.11 bits per heavy atom. The highest BCUT2D eigenvalue weighted by Gasteiger charge is 2.20. The first-order valence-electron chi connectivity index (χ1n) is 8.97. The fraction of sp³-hybridized carbons (Fsp3) is 0. The smallest absolute Gasteiger partial charge is 0.344 e. The minimum absolute atomic E-state index is 0.120. The Morgan fingerprint density at radius 3 is 1.61 bits per heavy atom. The summed E-state index contributed by atoms with van der Waals surface area (Å²) in [7, 11) is 0. The van der Waals surface area contributed by atoms with Crippen molar-refractivity contribution in [1.82, 2.24) is 0 Å². The Bertz CT molecular complexity index is 1030. The average Bonchev–Trinajstić information content (AvgIpc) is 2.76. The summed E-state index contributed by atoms with van der Waals surface area (Å²) in [5.74, 6) is 0.0585. The number of esters is 1. The lowest BCUT2D eigenvalue weighted by Crippen LogP contribution is -2.12. The summed E-state index contributed by atoms with van der Waals surface area (Å²) in [6, 6.07) is 31.5. The van der Waals surface area contributed by atoms with E-state index in [9.17, 15) is 9.90 Å². The number of carbonyl (C=O) groups is 1. The number of ether oxygens (including phenoxy) is 1. The van der Waals surface area contributed by atoms with E-state index < -0.39 is 5.97 Å². The highest BCUT2D eigenvalue weighted by Crippen LogP contribution is 2.33. The third-order valence-corrected chi connectivity index (χ3v) is 4.49. The molecule has 1 N–H and O–H groups in total. The van der Waals surface area contributed by atoms with E-state index in [1.54, 1.807) is 12.1 Å². The molecule has 4 rings (SSSR count). The number of phenolic OH excluding ortho intramolecular Hbond substituents is 1. The second kappa shape index (κ2) is 7.80. The van der Waals surface area contributed by atoms with E-state index >= 15 is 0 Å². The standard InChI is InChI=1S/C25H18O3/c26-20-14-16-21(17-15-20)28-25(27)24-22(18-8-3-1-4-9-18)12-7-13-23(24)19-10-5-2-6-11-19/h1-17,26H. The Hall–Kier alpha value is -3.85. The molecule has 28 heavy (non-hydrogen) atoms. The molecule has 0 aliphatic carbocycles. The maximum atomic E-state index is 13.2. The Kier molecular flexibility index (Phi) is 4.89. The van der Waals surface area contributed by atoms with Crippen LogP contribution in [0.3, 0.4) is 0 Å². The third-order valence-electron chi connectivity index (χ3n) is 4.49. The van der Waals surface area contributed by atoms with Gasteiger partial charge in [0.15, 0.2) is 0 Å². The Morgan fingerprint density at radius 1 is 0.607 bits per heavy atom. The van der Waals surface area contributed by atoms with Gasteiger partial charge >= 0.3 is 5.97 Å². The summed E-state index contributed by atoms with van der Waals surface area (Å²) >= 11 is 0. The van der Waals surface area contributed by atoms with Crippen LogP contribution in [0.5, 0.6) is 11.5 Å². The quantitative estimate of drug-likeness (QED) is 0.359. The minimum atomic E-state index is -0.441. The van der Waals surface area contributed by atoms with Crippen molar-refractivity contribution in [1.29, 1.82) is 0 Å². The van der Waals surface area contributed by atoms with Crippen molar-refractivity contribution in [3.05, 3.63) is 109 Å². The maximum absolute atomic E-state index is 13.2. The molecule has 4 aromatic carbocycles. The van der Waals surface area contributed by atoms with Crippen LogP contribution in [0, 0.1) is 0 Å². The lowest BCUT2D eigenvalue weighted by Gasteiger charge is -2.15. The molecule has 0 saturated heterocycles. The molecule has 0 spiro atoms. The molecule has 0 amide bonds. The topological polar surface area (TPSA) is 46.5 Å². The molecule has 3 nitrogen and oxygen atoms in total. The van der Waals surface area contributed by atoms with Crippen molar-refractivity contribution in [2.24, 2.45) is 0 Å². The van der Waals surface area contributed by atoms with Gasteiger partial charge in [0.05, 0.1) is 5.56 Å². The second-order valence-corrected chi connectivity index (χ2v) is 6.34. The second-order valence-electron chi connectivity index (χ2n) is 6.34. The molecular weight excluding hydrogens is 348 g/mol. The Balaban J connectivity index is 1.84. The molecule has 0 aliphatic heterocycles. The van der Waals surface area contributed by atoms with Crippen molar-refractivity contribution in [3.63, 3.8) is 0 Å². The van der Waals surface area contributed by atoms with Gasteiger partial charge < -0.3 is 9.84 Å². The summed E-state index contributed by atoms with van der Waals surface area (Å²) in [6.07, 6.45) is 0. The average molecular weight is 366 g/mol. The van der Waals surface area contributed by atoms with E-state index in [1.165, 1.54) is 12.1 Å². The highest BCUT2D eigenvalue weighted by atomic mass is 16.5. The molecule has 4 aromatic rings. The molecule has 0 unspecified atom stereocenters. The van der Waals surface area contributed by atoms with Crippen LogP contribution < -0.4 is 4.74 Å². The fourth-order valence-electron chi connectivity index (χ4n) is 3.16. The van der Waals surface area contributed by atoms with E-state index in [1.807, 2.05) is 78.9 Å². The van der Waals surface area contributed by atoms with E-state index in [2.05, 4.69) is 0 Å². The summed E-state index contributed by atoms with van der Waals surface area (Å²) < 4.78 is 5.63. The molecule has 0 aliphatic rings. The number of phenols is 1. The molecule has 0 aromatic heterocycles. The van der Waals surface area contributed by atoms with Gasteiger partial charge in [-0.15, -0.1) is 0 Å². The van der Waals surface area contributed by atoms with Crippen LogP contribution in [0.25, 0.3) is 22.3 Å². The normalized spacial score (nSPS) is 10.4. The van der Waals surface area contributed by atoms with Crippen LogP contribution in [0.4, 0.5) is 0 Å². The number of benzene rings is 4. The van der Waals surface area contributed by atoms with Gasteiger partial charge in [0.25, 0.3) is 0 Å². The molecule has 136 valence electrons. The third kappa shape index (κ3) is 3.64. The predicted octanol–water partition coefficient (Wildman–Crippen LogP) is 5.95. The molecule has 0 radical (unpaired) electrons. The van der Waals surface area contributed by atoms with Crippen molar-refractivity contribution in [2.75, 3.05) is 0 Å². The van der Waals surface area contributed by atoms with E-state index in [0.29, 0.717) is 11.3 Å². The fourth-order valence-corrected chi connectivity index (χ4v) is 3.16. The van der Waals surface area contributed by atoms with E-state index in [-0.39, 0.29) is 5.75 Å². The molecule has 0 saturated carbocycles. The van der Waals surface area contributed by atoms with Crippen molar-refractivity contribution in [2.45, 2.75) is 0 Å². The molecule has 0 heterocycles. The van der Waals surface area contributed by atoms with E-state index in [0.717, 1.165) is 22.3 Å². The zero-order valence-electron chi connectivity index (χ0n) is 15.1. The molecule has 0 fully saturated rings. The number of aromatic hydroxyl groups is 1. The first kappa shape index (κ1) is 17.6. The van der Waals surface area contributed by atoms with Gasteiger partial charge in [-0.3, -0.25) is 0 Å². The SMILES string of the molecule is O=C(Oc1ccc(O)cc1)c1c(-c2ccccc2)cccc1-c1ccccc1. The van der Waals surface area contributed by atoms with Crippen LogP contribution in [-0.4, -0.2) is 11.1 Å². The van der Waals surface area contributed by atoms with Crippen molar-refractivity contribution in [3.8, 4) is 33.8 Å². The molecular formula is C25H18O3.